The third-order valence-corrected chi connectivity index (χ3v) is 4.68. The summed E-state index contributed by atoms with van der Waals surface area (Å²) in [5, 5.41) is 0.868. The quantitative estimate of drug-likeness (QED) is 0.100. The molecule has 0 unspecified atom stereocenters. The lowest BCUT2D eigenvalue weighted by atomic mass is 10.1. The van der Waals surface area contributed by atoms with Crippen molar-refractivity contribution in [3.63, 3.8) is 0 Å². The van der Waals surface area contributed by atoms with E-state index in [0.29, 0.717) is 13.0 Å². The van der Waals surface area contributed by atoms with Gasteiger partial charge in [0.1, 0.15) is 0 Å². The molecule has 3 heteroatoms. The van der Waals surface area contributed by atoms with Crippen molar-refractivity contribution in [3.05, 3.63) is 24.3 Å². The lowest BCUT2D eigenvalue weighted by molar-refractivity contribution is -0.143. The molecule has 0 aromatic rings. The Morgan fingerprint density at radius 3 is 2.04 bits per heavy atom. The maximum Gasteiger partial charge on any atom is 0.305 e. The summed E-state index contributed by atoms with van der Waals surface area (Å²) in [6, 6.07) is 0. The van der Waals surface area contributed by atoms with Gasteiger partial charge in [0.05, 0.1) is 6.61 Å². The van der Waals surface area contributed by atoms with E-state index in [2.05, 4.69) is 47.2 Å². The minimum absolute atomic E-state index is 0.0537. The summed E-state index contributed by atoms with van der Waals surface area (Å²) in [5.74, 6) is -0.0537. The van der Waals surface area contributed by atoms with Gasteiger partial charge in [-0.15, -0.1) is 0 Å². The van der Waals surface area contributed by atoms with Crippen LogP contribution < -0.4 is 0 Å². The molecule has 0 aromatic carbocycles. The van der Waals surface area contributed by atoms with Gasteiger partial charge in [-0.3, -0.25) is 4.79 Å². The Morgan fingerprint density at radius 2 is 1.40 bits per heavy atom. The molecule has 0 saturated carbocycles. The second kappa shape index (κ2) is 21.5. The third-order valence-electron chi connectivity index (χ3n) is 4.12. The molecule has 0 spiro atoms. The monoisotopic (exact) mass is 414 g/mol. The number of allylic oxidation sites excluding steroid dienone is 4. The highest BCUT2D eigenvalue weighted by Gasteiger charge is 2.01. The highest BCUT2D eigenvalue weighted by atomic mass is 79.9. The average Bonchev–Trinajstić information content (AvgIpc) is 2.62. The number of ether oxygens (including phenoxy) is 1. The molecule has 0 aliphatic heterocycles. The average molecular weight is 415 g/mol. The standard InChI is InChI=1S/C22H39BrO2/c1-2-3-4-5-6-7-8-9-10-11-12-13-14-15-16-17-21-25-22(24)19-18-20-23/h6-7,9-10H,2-5,8,11-21H2,1H3. The number of rotatable bonds is 18. The summed E-state index contributed by atoms with van der Waals surface area (Å²) in [6.07, 6.45) is 25.4. The molecule has 0 fully saturated rings. The Kier molecular flexibility index (Phi) is 21.0. The van der Waals surface area contributed by atoms with E-state index in [0.717, 1.165) is 24.6 Å². The van der Waals surface area contributed by atoms with Gasteiger partial charge in [-0.1, -0.05) is 85.7 Å². The fourth-order valence-electron chi connectivity index (χ4n) is 2.56. The van der Waals surface area contributed by atoms with Crippen LogP contribution in [-0.4, -0.2) is 17.9 Å². The zero-order valence-corrected chi connectivity index (χ0v) is 17.9. The SMILES string of the molecule is CCCCCC=CCC=CCCCCCCCCOC(=O)CCCBr. The zero-order chi connectivity index (χ0) is 18.4. The van der Waals surface area contributed by atoms with Crippen LogP contribution in [0.2, 0.25) is 0 Å². The molecule has 0 aliphatic rings. The first-order valence-electron chi connectivity index (χ1n) is 10.3. The van der Waals surface area contributed by atoms with Crippen LogP contribution in [0.25, 0.3) is 0 Å². The largest absolute Gasteiger partial charge is 0.466 e. The predicted molar refractivity (Wildman–Crippen MR) is 113 cm³/mol. The second-order valence-electron chi connectivity index (χ2n) is 6.60. The molecule has 0 aliphatic carbocycles. The van der Waals surface area contributed by atoms with Crippen molar-refractivity contribution in [2.45, 2.75) is 96.8 Å². The number of carbonyl (C=O) groups excluding carboxylic acids is 1. The molecular formula is C22H39BrO2. The first-order valence-corrected chi connectivity index (χ1v) is 11.4. The van der Waals surface area contributed by atoms with Crippen molar-refractivity contribution in [3.8, 4) is 0 Å². The minimum Gasteiger partial charge on any atom is -0.466 e. The van der Waals surface area contributed by atoms with Crippen LogP contribution in [0.1, 0.15) is 96.8 Å². The number of hydrogen-bond donors (Lipinski definition) is 0. The van der Waals surface area contributed by atoms with E-state index in [-0.39, 0.29) is 5.97 Å². The molecule has 0 rings (SSSR count). The summed E-state index contributed by atoms with van der Waals surface area (Å²) in [6.45, 7) is 2.84. The number of hydrogen-bond acceptors (Lipinski definition) is 2. The smallest absolute Gasteiger partial charge is 0.305 e. The Morgan fingerprint density at radius 1 is 0.800 bits per heavy atom. The Hall–Kier alpha value is -0.570. The lowest BCUT2D eigenvalue weighted by Gasteiger charge is -2.04. The molecule has 25 heavy (non-hydrogen) atoms. The summed E-state index contributed by atoms with van der Waals surface area (Å²) in [5.41, 5.74) is 0. The fourth-order valence-corrected chi connectivity index (χ4v) is 2.84. The van der Waals surface area contributed by atoms with Gasteiger partial charge in [0.15, 0.2) is 0 Å². The van der Waals surface area contributed by atoms with Crippen molar-refractivity contribution >= 4 is 21.9 Å². The van der Waals surface area contributed by atoms with Gasteiger partial charge in [-0.25, -0.2) is 0 Å². The van der Waals surface area contributed by atoms with Gasteiger partial charge in [0.25, 0.3) is 0 Å². The molecular weight excluding hydrogens is 376 g/mol. The van der Waals surface area contributed by atoms with E-state index in [9.17, 15) is 4.79 Å². The maximum absolute atomic E-state index is 11.3. The van der Waals surface area contributed by atoms with E-state index in [1.54, 1.807) is 0 Å². The zero-order valence-electron chi connectivity index (χ0n) is 16.3. The lowest BCUT2D eigenvalue weighted by Crippen LogP contribution is -2.05. The Balaban J connectivity index is 3.20. The van der Waals surface area contributed by atoms with Gasteiger partial charge in [0, 0.05) is 11.8 Å². The molecule has 0 saturated heterocycles. The number of carbonyl (C=O) groups is 1. The molecule has 0 heterocycles. The summed E-state index contributed by atoms with van der Waals surface area (Å²) < 4.78 is 5.19. The molecule has 0 aromatic heterocycles. The molecule has 0 amide bonds. The molecule has 2 nitrogen and oxygen atoms in total. The first-order chi connectivity index (χ1) is 12.3. The van der Waals surface area contributed by atoms with E-state index < -0.39 is 0 Å². The molecule has 146 valence electrons. The predicted octanol–water partition coefficient (Wildman–Crippen LogP) is 7.52. The fraction of sp³-hybridized carbons (Fsp3) is 0.773. The van der Waals surface area contributed by atoms with Gasteiger partial charge in [-0.2, -0.15) is 0 Å². The van der Waals surface area contributed by atoms with E-state index in [1.165, 1.54) is 64.2 Å². The summed E-state index contributed by atoms with van der Waals surface area (Å²) >= 11 is 3.32. The maximum atomic E-state index is 11.3. The van der Waals surface area contributed by atoms with Gasteiger partial charge >= 0.3 is 5.97 Å². The second-order valence-corrected chi connectivity index (χ2v) is 7.39. The Bertz CT molecular complexity index is 337. The number of alkyl halides is 1. The summed E-state index contributed by atoms with van der Waals surface area (Å²) in [7, 11) is 0. The molecule has 0 radical (unpaired) electrons. The highest BCUT2D eigenvalue weighted by molar-refractivity contribution is 9.09. The third kappa shape index (κ3) is 21.4. The first kappa shape index (κ1) is 24.4. The number of unbranched alkanes of at least 4 members (excludes halogenated alkanes) is 9. The van der Waals surface area contributed by atoms with E-state index in [4.69, 9.17) is 4.74 Å². The van der Waals surface area contributed by atoms with Gasteiger partial charge in [-0.05, 0) is 44.9 Å². The normalized spacial score (nSPS) is 11.6. The number of esters is 1. The van der Waals surface area contributed by atoms with Crippen LogP contribution in [0.3, 0.4) is 0 Å². The van der Waals surface area contributed by atoms with Crippen molar-refractivity contribution in [1.29, 1.82) is 0 Å². The van der Waals surface area contributed by atoms with Gasteiger partial charge < -0.3 is 4.74 Å². The van der Waals surface area contributed by atoms with Crippen molar-refractivity contribution in [1.82, 2.24) is 0 Å². The van der Waals surface area contributed by atoms with Crippen LogP contribution in [0.5, 0.6) is 0 Å². The van der Waals surface area contributed by atoms with Crippen LogP contribution in [0, 0.1) is 0 Å². The molecule has 0 N–H and O–H groups in total. The van der Waals surface area contributed by atoms with E-state index >= 15 is 0 Å². The van der Waals surface area contributed by atoms with E-state index in [1.807, 2.05) is 0 Å². The van der Waals surface area contributed by atoms with Crippen molar-refractivity contribution in [2.75, 3.05) is 11.9 Å². The summed E-state index contributed by atoms with van der Waals surface area (Å²) in [4.78, 5) is 11.3. The molecule has 0 bridgehead atoms. The molecule has 0 atom stereocenters. The van der Waals surface area contributed by atoms with Crippen LogP contribution in [0.15, 0.2) is 24.3 Å². The number of halogens is 1. The minimum atomic E-state index is -0.0537. The van der Waals surface area contributed by atoms with Crippen LogP contribution in [0.4, 0.5) is 0 Å². The van der Waals surface area contributed by atoms with Crippen molar-refractivity contribution < 1.29 is 9.53 Å². The van der Waals surface area contributed by atoms with Crippen LogP contribution >= 0.6 is 15.9 Å². The van der Waals surface area contributed by atoms with Crippen LogP contribution in [-0.2, 0) is 9.53 Å². The van der Waals surface area contributed by atoms with Gasteiger partial charge in [0.2, 0.25) is 0 Å². The highest BCUT2D eigenvalue weighted by Crippen LogP contribution is 2.08. The topological polar surface area (TPSA) is 26.3 Å². The Labute approximate surface area is 164 Å². The van der Waals surface area contributed by atoms with Crippen molar-refractivity contribution in [2.24, 2.45) is 0 Å².